The van der Waals surface area contributed by atoms with Gasteiger partial charge in [0.1, 0.15) is 12.3 Å². The normalized spacial score (nSPS) is 23.8. The van der Waals surface area contributed by atoms with Crippen molar-refractivity contribution in [3.05, 3.63) is 54.0 Å². The summed E-state index contributed by atoms with van der Waals surface area (Å²) in [6.07, 6.45) is 4.30. The van der Waals surface area contributed by atoms with Crippen molar-refractivity contribution in [2.24, 2.45) is 11.3 Å². The number of rotatable bonds is 5. The Morgan fingerprint density at radius 3 is 2.62 bits per heavy atom. The number of aliphatic carboxylic acids is 1. The fourth-order valence-corrected chi connectivity index (χ4v) is 3.74. The maximum atomic E-state index is 12.6. The van der Waals surface area contributed by atoms with Crippen LogP contribution in [-0.4, -0.2) is 44.9 Å². The largest absolute Gasteiger partial charge is 0.481 e. The van der Waals surface area contributed by atoms with E-state index in [1.807, 2.05) is 30.3 Å². The van der Waals surface area contributed by atoms with Gasteiger partial charge in [-0.25, -0.2) is 9.97 Å². The summed E-state index contributed by atoms with van der Waals surface area (Å²) in [5.74, 6) is -0.693. The monoisotopic (exact) mass is 353 g/mol. The third-order valence-corrected chi connectivity index (χ3v) is 5.42. The summed E-state index contributed by atoms with van der Waals surface area (Å²) in [6.45, 7) is 1.09. The number of benzene rings is 1. The Hall–Kier alpha value is -2.96. The molecule has 1 aromatic carbocycles. The molecule has 1 aliphatic heterocycles. The smallest absolute Gasteiger partial charge is 0.311 e. The van der Waals surface area contributed by atoms with Gasteiger partial charge in [0.05, 0.1) is 17.8 Å². The average molecular weight is 353 g/mol. The third kappa shape index (κ3) is 2.79. The van der Waals surface area contributed by atoms with Gasteiger partial charge in [0, 0.05) is 13.1 Å². The second-order valence-corrected chi connectivity index (χ2v) is 6.90. The Morgan fingerprint density at radius 1 is 1.23 bits per heavy atom. The third-order valence-electron chi connectivity index (χ3n) is 5.42. The first kappa shape index (κ1) is 16.5. The van der Waals surface area contributed by atoms with E-state index in [4.69, 9.17) is 4.74 Å². The molecule has 2 heterocycles. The topological polar surface area (TPSA) is 92.6 Å². The molecule has 2 atom stereocenters. The Labute approximate surface area is 150 Å². The van der Waals surface area contributed by atoms with E-state index in [0.717, 1.165) is 12.0 Å². The summed E-state index contributed by atoms with van der Waals surface area (Å²) in [5.41, 5.74) is 0.460. The maximum Gasteiger partial charge on any atom is 0.311 e. The summed E-state index contributed by atoms with van der Waals surface area (Å²) in [5, 5.41) is 9.47. The molecular formula is C19H19N3O4. The van der Waals surface area contributed by atoms with E-state index in [2.05, 4.69) is 9.97 Å². The van der Waals surface area contributed by atoms with Crippen molar-refractivity contribution in [1.82, 2.24) is 14.9 Å². The molecule has 7 nitrogen and oxygen atoms in total. The average Bonchev–Trinajstić information content (AvgIpc) is 2.92. The fourth-order valence-electron chi connectivity index (χ4n) is 3.74. The quantitative estimate of drug-likeness (QED) is 0.884. The molecule has 7 heteroatoms. The van der Waals surface area contributed by atoms with Crippen LogP contribution < -0.4 is 4.74 Å². The Morgan fingerprint density at radius 2 is 2.04 bits per heavy atom. The van der Waals surface area contributed by atoms with Gasteiger partial charge in [0.15, 0.2) is 0 Å². The maximum absolute atomic E-state index is 12.6. The summed E-state index contributed by atoms with van der Waals surface area (Å²) < 4.78 is 5.57. The second-order valence-electron chi connectivity index (χ2n) is 6.90. The van der Waals surface area contributed by atoms with Gasteiger partial charge >= 0.3 is 5.97 Å². The number of carbonyl (C=O) groups excluding carboxylic acids is 1. The molecule has 2 aliphatic rings. The Kier molecular flexibility index (Phi) is 4.06. The Balaban J connectivity index is 1.39. The van der Waals surface area contributed by atoms with Crippen LogP contribution in [0.2, 0.25) is 0 Å². The van der Waals surface area contributed by atoms with E-state index in [1.165, 1.54) is 12.4 Å². The molecular weight excluding hydrogens is 334 g/mol. The first-order chi connectivity index (χ1) is 12.6. The number of aromatic nitrogens is 2. The van der Waals surface area contributed by atoms with Crippen LogP contribution in [0.15, 0.2) is 42.7 Å². The van der Waals surface area contributed by atoms with Gasteiger partial charge in [0.25, 0.3) is 5.91 Å². The number of likely N-dealkylation sites (tertiary alicyclic amines) is 1. The number of hydrogen-bond acceptors (Lipinski definition) is 5. The van der Waals surface area contributed by atoms with E-state index in [1.54, 1.807) is 4.90 Å². The lowest BCUT2D eigenvalue weighted by Crippen LogP contribution is -2.46. The van der Waals surface area contributed by atoms with Crippen molar-refractivity contribution in [3.8, 4) is 5.88 Å². The summed E-state index contributed by atoms with van der Waals surface area (Å²) in [4.78, 5) is 34.0. The van der Waals surface area contributed by atoms with Gasteiger partial charge in [-0.3, -0.25) is 9.59 Å². The van der Waals surface area contributed by atoms with Gasteiger partial charge in [-0.2, -0.15) is 0 Å². The lowest BCUT2D eigenvalue weighted by atomic mass is 9.62. The second kappa shape index (κ2) is 6.40. The molecule has 4 rings (SSSR count). The molecule has 1 saturated heterocycles. The number of carboxylic acid groups (broad SMARTS) is 1. The molecule has 1 N–H and O–H groups in total. The predicted molar refractivity (Wildman–Crippen MR) is 91.5 cm³/mol. The van der Waals surface area contributed by atoms with Gasteiger partial charge in [-0.05, 0) is 24.3 Å². The number of hydrogen-bond donors (Lipinski definition) is 1. The number of ether oxygens (including phenoxy) is 1. The van der Waals surface area contributed by atoms with Crippen LogP contribution in [0.5, 0.6) is 5.88 Å². The van der Waals surface area contributed by atoms with Crippen LogP contribution in [-0.2, 0) is 11.4 Å². The van der Waals surface area contributed by atoms with Crippen LogP contribution in [0.3, 0.4) is 0 Å². The van der Waals surface area contributed by atoms with Crippen molar-refractivity contribution in [3.63, 3.8) is 0 Å². The standard InChI is InChI=1S/C19H19N3O4/c23-17(22-10-14-6-7-19(14,12-22)18(24)25)15-8-21-16(9-20-15)26-11-13-4-2-1-3-5-13/h1-5,8-9,14H,6-7,10-12H2,(H,24,25)/t14-,19-/m0/s1. The SMILES string of the molecule is O=C(c1cnc(OCc2ccccc2)cn1)N1C[C@@H]2CC[C@]2(C(=O)O)C1. The number of amides is 1. The summed E-state index contributed by atoms with van der Waals surface area (Å²) in [7, 11) is 0. The highest BCUT2D eigenvalue weighted by molar-refractivity contribution is 5.93. The number of carboxylic acids is 1. The molecule has 2 aromatic rings. The Bertz CT molecular complexity index is 824. The zero-order valence-corrected chi connectivity index (χ0v) is 14.2. The molecule has 26 heavy (non-hydrogen) atoms. The molecule has 0 radical (unpaired) electrons. The van der Waals surface area contributed by atoms with Crippen molar-refractivity contribution in [1.29, 1.82) is 0 Å². The lowest BCUT2D eigenvalue weighted by molar-refractivity contribution is -0.156. The van der Waals surface area contributed by atoms with Crippen molar-refractivity contribution >= 4 is 11.9 Å². The molecule has 134 valence electrons. The van der Waals surface area contributed by atoms with E-state index in [-0.39, 0.29) is 24.1 Å². The van der Waals surface area contributed by atoms with Crippen LogP contribution in [0.25, 0.3) is 0 Å². The minimum Gasteiger partial charge on any atom is -0.481 e. The molecule has 1 aliphatic carbocycles. The first-order valence-electron chi connectivity index (χ1n) is 8.60. The van der Waals surface area contributed by atoms with Crippen LogP contribution in [0, 0.1) is 11.3 Å². The highest BCUT2D eigenvalue weighted by Crippen LogP contribution is 2.52. The van der Waals surface area contributed by atoms with Gasteiger partial charge in [0.2, 0.25) is 5.88 Å². The van der Waals surface area contributed by atoms with Crippen molar-refractivity contribution < 1.29 is 19.4 Å². The zero-order valence-electron chi connectivity index (χ0n) is 14.2. The lowest BCUT2D eigenvalue weighted by Gasteiger charge is -2.39. The molecule has 0 unspecified atom stereocenters. The number of carbonyl (C=O) groups is 2. The molecule has 1 amide bonds. The summed E-state index contributed by atoms with van der Waals surface area (Å²) >= 11 is 0. The van der Waals surface area contributed by atoms with E-state index >= 15 is 0 Å². The highest BCUT2D eigenvalue weighted by atomic mass is 16.5. The van der Waals surface area contributed by atoms with E-state index in [0.29, 0.717) is 25.5 Å². The van der Waals surface area contributed by atoms with Crippen LogP contribution in [0.4, 0.5) is 0 Å². The minimum atomic E-state index is -0.806. The zero-order chi connectivity index (χ0) is 18.1. The van der Waals surface area contributed by atoms with Crippen LogP contribution >= 0.6 is 0 Å². The van der Waals surface area contributed by atoms with E-state index < -0.39 is 11.4 Å². The first-order valence-corrected chi connectivity index (χ1v) is 8.60. The van der Waals surface area contributed by atoms with Gasteiger partial charge in [-0.1, -0.05) is 30.3 Å². The molecule has 0 bridgehead atoms. The predicted octanol–water partition coefficient (Wildman–Crippen LogP) is 1.99. The molecule has 1 aromatic heterocycles. The highest BCUT2D eigenvalue weighted by Gasteiger charge is 2.59. The van der Waals surface area contributed by atoms with Crippen molar-refractivity contribution in [2.45, 2.75) is 19.4 Å². The van der Waals surface area contributed by atoms with Gasteiger partial charge < -0.3 is 14.7 Å². The van der Waals surface area contributed by atoms with Crippen molar-refractivity contribution in [2.75, 3.05) is 13.1 Å². The number of fused-ring (bicyclic) bond motifs is 1. The van der Waals surface area contributed by atoms with E-state index in [9.17, 15) is 14.7 Å². The summed E-state index contributed by atoms with van der Waals surface area (Å²) in [6, 6.07) is 9.69. The molecule has 2 fully saturated rings. The molecule has 0 spiro atoms. The van der Waals surface area contributed by atoms with Crippen LogP contribution in [0.1, 0.15) is 28.9 Å². The number of nitrogens with zero attached hydrogens (tertiary/aromatic N) is 3. The van der Waals surface area contributed by atoms with Gasteiger partial charge in [-0.15, -0.1) is 0 Å². The molecule has 1 saturated carbocycles. The fraction of sp³-hybridized carbons (Fsp3) is 0.368. The minimum absolute atomic E-state index is 0.0467.